The van der Waals surface area contributed by atoms with Crippen LogP contribution in [0.5, 0.6) is 0 Å². The molecule has 0 saturated heterocycles. The molecule has 9 nitrogen and oxygen atoms in total. The Labute approximate surface area is 122 Å². The van der Waals surface area contributed by atoms with Gasteiger partial charge in [-0.3, -0.25) is 16.0 Å². The molecule has 1 aromatic carbocycles. The lowest BCUT2D eigenvalue weighted by molar-refractivity contribution is -0.386. The van der Waals surface area contributed by atoms with Crippen molar-refractivity contribution in [1.82, 2.24) is 4.31 Å². The van der Waals surface area contributed by atoms with Gasteiger partial charge < -0.3 is 10.5 Å². The molecule has 1 aromatic rings. The zero-order valence-corrected chi connectivity index (χ0v) is 12.7. The van der Waals surface area contributed by atoms with Crippen LogP contribution in [0.25, 0.3) is 0 Å². The van der Waals surface area contributed by atoms with Crippen LogP contribution in [0, 0.1) is 10.1 Å². The molecular weight excluding hydrogens is 300 g/mol. The number of hydrogen-bond acceptors (Lipinski definition) is 7. The number of sulfonamides is 1. The fraction of sp³-hybridized carbons (Fsp3) is 0.455. The first-order valence-corrected chi connectivity index (χ1v) is 7.37. The van der Waals surface area contributed by atoms with Crippen LogP contribution in [0.15, 0.2) is 23.1 Å². The number of nitro groups is 1. The Morgan fingerprint density at radius 2 is 2.05 bits per heavy atom. The van der Waals surface area contributed by atoms with Gasteiger partial charge in [0, 0.05) is 13.6 Å². The van der Waals surface area contributed by atoms with E-state index >= 15 is 0 Å². The zero-order valence-electron chi connectivity index (χ0n) is 11.9. The molecule has 0 atom stereocenters. The van der Waals surface area contributed by atoms with Crippen molar-refractivity contribution in [2.45, 2.75) is 24.3 Å². The Bertz CT molecular complexity index is 639. The maximum atomic E-state index is 12.4. The number of nitro benzene ring substituents is 1. The average molecular weight is 318 g/mol. The third-order valence-corrected chi connectivity index (χ3v) is 4.47. The summed E-state index contributed by atoms with van der Waals surface area (Å²) in [4.78, 5) is 9.82. The van der Waals surface area contributed by atoms with Crippen molar-refractivity contribution in [2.24, 2.45) is 5.84 Å². The number of benzene rings is 1. The van der Waals surface area contributed by atoms with E-state index in [0.29, 0.717) is 0 Å². The summed E-state index contributed by atoms with van der Waals surface area (Å²) in [5.41, 5.74) is 0.0754. The van der Waals surface area contributed by atoms with Gasteiger partial charge in [0.1, 0.15) is 5.69 Å². The van der Waals surface area contributed by atoms with Gasteiger partial charge in [0.25, 0.3) is 0 Å². The molecule has 0 unspecified atom stereocenters. The van der Waals surface area contributed by atoms with Crippen molar-refractivity contribution in [1.29, 1.82) is 0 Å². The molecule has 21 heavy (non-hydrogen) atoms. The minimum Gasteiger partial charge on any atom is -0.389 e. The molecule has 0 bridgehead atoms. The maximum Gasteiger partial charge on any atom is 0.313 e. The summed E-state index contributed by atoms with van der Waals surface area (Å²) in [5, 5.41) is 20.8. The van der Waals surface area contributed by atoms with Gasteiger partial charge in [-0.2, -0.15) is 4.31 Å². The van der Waals surface area contributed by atoms with E-state index in [1.54, 1.807) is 0 Å². The summed E-state index contributed by atoms with van der Waals surface area (Å²) in [6.45, 7) is 2.66. The smallest absolute Gasteiger partial charge is 0.313 e. The Hall–Kier alpha value is -1.75. The minimum absolute atomic E-state index is 0.113. The van der Waals surface area contributed by atoms with E-state index in [-0.39, 0.29) is 12.2 Å². The van der Waals surface area contributed by atoms with Crippen molar-refractivity contribution in [3.63, 3.8) is 0 Å². The van der Waals surface area contributed by atoms with Gasteiger partial charge in [-0.25, -0.2) is 8.42 Å². The SMILES string of the molecule is CN(CC(C)(C)O)S(=O)(=O)c1cccc(NN)c1[N+](=O)[O-]. The fourth-order valence-electron chi connectivity index (χ4n) is 1.83. The quantitative estimate of drug-likeness (QED) is 0.388. The molecule has 0 saturated carbocycles. The van der Waals surface area contributed by atoms with Gasteiger partial charge in [0.15, 0.2) is 4.90 Å². The van der Waals surface area contributed by atoms with Crippen molar-refractivity contribution in [3.8, 4) is 0 Å². The van der Waals surface area contributed by atoms with E-state index in [2.05, 4.69) is 5.43 Å². The van der Waals surface area contributed by atoms with Crippen LogP contribution in [-0.2, 0) is 10.0 Å². The number of nitrogen functional groups attached to an aromatic ring is 1. The van der Waals surface area contributed by atoms with Crippen LogP contribution in [0.2, 0.25) is 0 Å². The van der Waals surface area contributed by atoms with Crippen LogP contribution >= 0.6 is 0 Å². The van der Waals surface area contributed by atoms with Crippen molar-refractivity contribution >= 4 is 21.4 Å². The summed E-state index contributed by atoms with van der Waals surface area (Å²) >= 11 is 0. The van der Waals surface area contributed by atoms with E-state index in [9.17, 15) is 23.6 Å². The Morgan fingerprint density at radius 1 is 1.48 bits per heavy atom. The van der Waals surface area contributed by atoms with Crippen LogP contribution < -0.4 is 11.3 Å². The Kier molecular flexibility index (Phi) is 4.89. The number of hydrogen-bond donors (Lipinski definition) is 3. The average Bonchev–Trinajstić information content (AvgIpc) is 2.35. The van der Waals surface area contributed by atoms with Gasteiger partial charge in [0.2, 0.25) is 10.0 Å². The lowest BCUT2D eigenvalue weighted by Gasteiger charge is -2.25. The number of para-hydroxylation sites is 1. The third kappa shape index (κ3) is 3.88. The normalized spacial score (nSPS) is 12.5. The molecule has 118 valence electrons. The van der Waals surface area contributed by atoms with Crippen molar-refractivity contribution in [2.75, 3.05) is 19.0 Å². The molecule has 0 aliphatic rings. The molecule has 10 heteroatoms. The maximum absolute atomic E-state index is 12.4. The Morgan fingerprint density at radius 3 is 2.48 bits per heavy atom. The highest BCUT2D eigenvalue weighted by Gasteiger charge is 2.33. The molecular formula is C11H18N4O5S. The summed E-state index contributed by atoms with van der Waals surface area (Å²) < 4.78 is 25.7. The second-order valence-electron chi connectivity index (χ2n) is 5.13. The molecule has 0 amide bonds. The van der Waals surface area contributed by atoms with Crippen molar-refractivity contribution < 1.29 is 18.4 Å². The van der Waals surface area contributed by atoms with Gasteiger partial charge in [-0.1, -0.05) is 6.07 Å². The first-order chi connectivity index (χ1) is 9.50. The first-order valence-electron chi connectivity index (χ1n) is 5.93. The molecule has 0 heterocycles. The number of nitrogens with zero attached hydrogens (tertiary/aromatic N) is 2. The second kappa shape index (κ2) is 5.93. The molecule has 0 aliphatic carbocycles. The van der Waals surface area contributed by atoms with Crippen LogP contribution in [0.1, 0.15) is 13.8 Å². The number of hydrazine groups is 1. The van der Waals surface area contributed by atoms with E-state index < -0.39 is 31.1 Å². The Balaban J connectivity index is 3.42. The van der Waals surface area contributed by atoms with E-state index in [1.807, 2.05) is 0 Å². The van der Waals surface area contributed by atoms with E-state index in [1.165, 1.54) is 33.0 Å². The molecule has 0 spiro atoms. The second-order valence-corrected chi connectivity index (χ2v) is 7.14. The highest BCUT2D eigenvalue weighted by molar-refractivity contribution is 7.89. The summed E-state index contributed by atoms with van der Waals surface area (Å²) in [6, 6.07) is 3.76. The van der Waals surface area contributed by atoms with Gasteiger partial charge in [-0.05, 0) is 26.0 Å². The summed E-state index contributed by atoms with van der Waals surface area (Å²) in [7, 11) is -2.91. The van der Waals surface area contributed by atoms with Gasteiger partial charge in [0.05, 0.1) is 10.5 Å². The minimum atomic E-state index is -4.14. The monoisotopic (exact) mass is 318 g/mol. The number of nitrogens with one attached hydrogen (secondary N) is 1. The zero-order chi connectivity index (χ0) is 16.4. The fourth-order valence-corrected chi connectivity index (χ4v) is 3.33. The van der Waals surface area contributed by atoms with Crippen LogP contribution in [-0.4, -0.2) is 41.9 Å². The first kappa shape index (κ1) is 17.3. The number of aliphatic hydroxyl groups is 1. The predicted molar refractivity (Wildman–Crippen MR) is 77.0 cm³/mol. The van der Waals surface area contributed by atoms with Gasteiger partial charge in [-0.15, -0.1) is 0 Å². The third-order valence-electron chi connectivity index (χ3n) is 2.63. The molecule has 4 N–H and O–H groups in total. The number of rotatable bonds is 6. The van der Waals surface area contributed by atoms with Crippen LogP contribution in [0.3, 0.4) is 0 Å². The predicted octanol–water partition coefficient (Wildman–Crippen LogP) is 0.272. The highest BCUT2D eigenvalue weighted by atomic mass is 32.2. The van der Waals surface area contributed by atoms with Gasteiger partial charge >= 0.3 is 5.69 Å². The standard InChI is InChI=1S/C11H18N4O5S/c1-11(2,16)7-14(3)21(19,20)9-6-4-5-8(13-12)10(9)15(17)18/h4-6,13,16H,7,12H2,1-3H3. The lowest BCUT2D eigenvalue weighted by atomic mass is 10.1. The van der Waals surface area contributed by atoms with E-state index in [4.69, 9.17) is 5.84 Å². The molecule has 0 fully saturated rings. The molecule has 0 aromatic heterocycles. The topological polar surface area (TPSA) is 139 Å². The molecule has 1 rings (SSSR count). The van der Waals surface area contributed by atoms with E-state index in [0.717, 1.165) is 10.4 Å². The molecule has 0 aliphatic heterocycles. The largest absolute Gasteiger partial charge is 0.389 e. The lowest BCUT2D eigenvalue weighted by Crippen LogP contribution is -2.39. The summed E-state index contributed by atoms with van der Waals surface area (Å²) in [6.07, 6.45) is 0. The van der Waals surface area contributed by atoms with Crippen molar-refractivity contribution in [3.05, 3.63) is 28.3 Å². The summed E-state index contributed by atoms with van der Waals surface area (Å²) in [5.74, 6) is 5.18. The van der Waals surface area contributed by atoms with Crippen LogP contribution in [0.4, 0.5) is 11.4 Å². The number of anilines is 1. The number of nitrogens with two attached hydrogens (primary N) is 1. The molecule has 0 radical (unpaired) electrons. The number of likely N-dealkylation sites (N-methyl/N-ethyl adjacent to an activating group) is 1. The highest BCUT2D eigenvalue weighted by Crippen LogP contribution is 2.33.